The highest BCUT2D eigenvalue weighted by atomic mass is 16.4. The molecule has 0 bridgehead atoms. The Hall–Kier alpha value is -1.43. The third kappa shape index (κ3) is 1.19. The lowest BCUT2D eigenvalue weighted by atomic mass is 10.3. The lowest BCUT2D eigenvalue weighted by Gasteiger charge is -2.05. The standard InChI is InChI=1S/C7H10N4O2/c8-5(7(12)13)6-10-9-4-2-1-3-11(4)6/h5H,1-3,8H2,(H,12,13)/t5-/m0/s1. The van der Waals surface area contributed by atoms with E-state index < -0.39 is 12.0 Å². The van der Waals surface area contributed by atoms with Gasteiger partial charge in [-0.3, -0.25) is 4.79 Å². The summed E-state index contributed by atoms with van der Waals surface area (Å²) in [6, 6.07) is -1.06. The van der Waals surface area contributed by atoms with Gasteiger partial charge in [0.1, 0.15) is 5.82 Å². The highest BCUT2D eigenvalue weighted by Crippen LogP contribution is 2.17. The third-order valence-corrected chi connectivity index (χ3v) is 2.18. The maximum absolute atomic E-state index is 10.6. The zero-order valence-electron chi connectivity index (χ0n) is 6.97. The Labute approximate surface area is 74.4 Å². The number of aliphatic carboxylic acids is 1. The first-order chi connectivity index (χ1) is 6.20. The second-order valence-electron chi connectivity index (χ2n) is 3.05. The van der Waals surface area contributed by atoms with E-state index in [1.807, 2.05) is 0 Å². The monoisotopic (exact) mass is 182 g/mol. The van der Waals surface area contributed by atoms with Gasteiger partial charge < -0.3 is 15.4 Å². The van der Waals surface area contributed by atoms with Crippen LogP contribution in [0.1, 0.15) is 24.1 Å². The molecule has 13 heavy (non-hydrogen) atoms. The Morgan fingerprint density at radius 2 is 2.38 bits per heavy atom. The van der Waals surface area contributed by atoms with Crippen LogP contribution in [0.25, 0.3) is 0 Å². The van der Waals surface area contributed by atoms with Gasteiger partial charge in [-0.05, 0) is 6.42 Å². The molecular weight excluding hydrogens is 172 g/mol. The van der Waals surface area contributed by atoms with E-state index in [1.165, 1.54) is 0 Å². The quantitative estimate of drug-likeness (QED) is 0.631. The summed E-state index contributed by atoms with van der Waals surface area (Å²) in [4.78, 5) is 10.6. The highest BCUT2D eigenvalue weighted by molar-refractivity contribution is 5.74. The summed E-state index contributed by atoms with van der Waals surface area (Å²) in [7, 11) is 0. The molecule has 0 aliphatic carbocycles. The number of carboxylic acid groups (broad SMARTS) is 1. The Bertz CT molecular complexity index is 346. The predicted molar refractivity (Wildman–Crippen MR) is 42.9 cm³/mol. The maximum Gasteiger partial charge on any atom is 0.328 e. The number of hydrogen-bond donors (Lipinski definition) is 2. The summed E-state index contributed by atoms with van der Waals surface area (Å²) >= 11 is 0. The predicted octanol–water partition coefficient (Wildman–Crippen LogP) is -0.691. The van der Waals surface area contributed by atoms with Crippen LogP contribution in [0.5, 0.6) is 0 Å². The lowest BCUT2D eigenvalue weighted by Crippen LogP contribution is -2.24. The van der Waals surface area contributed by atoms with Crippen LogP contribution in [0.3, 0.4) is 0 Å². The molecule has 0 saturated heterocycles. The molecule has 0 fully saturated rings. The molecule has 6 nitrogen and oxygen atoms in total. The van der Waals surface area contributed by atoms with Gasteiger partial charge in [-0.2, -0.15) is 0 Å². The van der Waals surface area contributed by atoms with E-state index in [0.717, 1.165) is 25.2 Å². The topological polar surface area (TPSA) is 94.0 Å². The number of aromatic nitrogens is 3. The van der Waals surface area contributed by atoms with Crippen LogP contribution in [0.4, 0.5) is 0 Å². The fraction of sp³-hybridized carbons (Fsp3) is 0.571. The number of hydrogen-bond acceptors (Lipinski definition) is 4. The van der Waals surface area contributed by atoms with Gasteiger partial charge in [-0.15, -0.1) is 10.2 Å². The molecule has 1 aromatic rings. The van der Waals surface area contributed by atoms with Crippen LogP contribution in [-0.2, 0) is 17.8 Å². The number of nitrogens with zero attached hydrogens (tertiary/aromatic N) is 3. The number of carboxylic acids is 1. The van der Waals surface area contributed by atoms with Crippen molar-refractivity contribution in [1.29, 1.82) is 0 Å². The first-order valence-corrected chi connectivity index (χ1v) is 4.10. The molecule has 0 spiro atoms. The van der Waals surface area contributed by atoms with Gasteiger partial charge in [0.15, 0.2) is 11.9 Å². The van der Waals surface area contributed by atoms with E-state index >= 15 is 0 Å². The summed E-state index contributed by atoms with van der Waals surface area (Å²) in [6.07, 6.45) is 1.85. The number of aryl methyl sites for hydroxylation is 1. The minimum Gasteiger partial charge on any atom is -0.480 e. The van der Waals surface area contributed by atoms with Gasteiger partial charge in [0.25, 0.3) is 0 Å². The van der Waals surface area contributed by atoms with Crippen molar-refractivity contribution in [3.63, 3.8) is 0 Å². The summed E-state index contributed by atoms with van der Waals surface area (Å²) < 4.78 is 1.79. The zero-order valence-corrected chi connectivity index (χ0v) is 6.97. The van der Waals surface area contributed by atoms with Crippen molar-refractivity contribution in [2.45, 2.75) is 25.4 Å². The Kier molecular flexibility index (Phi) is 1.77. The summed E-state index contributed by atoms with van der Waals surface area (Å²) in [5.41, 5.74) is 5.43. The van der Waals surface area contributed by atoms with E-state index in [-0.39, 0.29) is 0 Å². The molecule has 70 valence electrons. The largest absolute Gasteiger partial charge is 0.480 e. The van der Waals surface area contributed by atoms with Crippen LogP contribution in [0.15, 0.2) is 0 Å². The van der Waals surface area contributed by atoms with Crippen LogP contribution in [0, 0.1) is 0 Å². The summed E-state index contributed by atoms with van der Waals surface area (Å²) in [5.74, 6) is 0.133. The van der Waals surface area contributed by atoms with Crippen LogP contribution in [0.2, 0.25) is 0 Å². The smallest absolute Gasteiger partial charge is 0.328 e. The van der Waals surface area contributed by atoms with Gasteiger partial charge in [0.05, 0.1) is 0 Å². The second-order valence-corrected chi connectivity index (χ2v) is 3.05. The Morgan fingerprint density at radius 1 is 1.62 bits per heavy atom. The van der Waals surface area contributed by atoms with Crippen LogP contribution in [-0.4, -0.2) is 25.8 Å². The molecule has 2 rings (SSSR count). The molecule has 0 amide bonds. The minimum atomic E-state index is -1.07. The van der Waals surface area contributed by atoms with Gasteiger partial charge >= 0.3 is 5.97 Å². The summed E-state index contributed by atoms with van der Waals surface area (Å²) in [5, 5.41) is 16.3. The Balaban J connectivity index is 2.36. The van der Waals surface area contributed by atoms with Gasteiger partial charge in [0, 0.05) is 13.0 Å². The fourth-order valence-electron chi connectivity index (χ4n) is 1.51. The van der Waals surface area contributed by atoms with E-state index in [0.29, 0.717) is 5.82 Å². The van der Waals surface area contributed by atoms with Crippen LogP contribution < -0.4 is 5.73 Å². The normalized spacial score (nSPS) is 17.0. The third-order valence-electron chi connectivity index (χ3n) is 2.18. The molecule has 0 unspecified atom stereocenters. The van der Waals surface area contributed by atoms with Crippen molar-refractivity contribution < 1.29 is 9.90 Å². The fourth-order valence-corrected chi connectivity index (χ4v) is 1.51. The maximum atomic E-state index is 10.6. The molecule has 0 aromatic carbocycles. The van der Waals surface area contributed by atoms with Crippen molar-refractivity contribution in [1.82, 2.24) is 14.8 Å². The lowest BCUT2D eigenvalue weighted by molar-refractivity contribution is -0.138. The molecule has 1 aliphatic heterocycles. The molecule has 1 aliphatic rings. The van der Waals surface area contributed by atoms with Crippen molar-refractivity contribution in [3.05, 3.63) is 11.6 Å². The van der Waals surface area contributed by atoms with Gasteiger partial charge in [-0.25, -0.2) is 0 Å². The number of rotatable bonds is 2. The average Bonchev–Trinajstić information content (AvgIpc) is 2.61. The molecular formula is C7H10N4O2. The second kappa shape index (κ2) is 2.81. The molecule has 0 saturated carbocycles. The Morgan fingerprint density at radius 3 is 3.08 bits per heavy atom. The molecule has 6 heteroatoms. The number of carbonyl (C=O) groups is 1. The summed E-state index contributed by atoms with van der Waals surface area (Å²) in [6.45, 7) is 0.776. The average molecular weight is 182 g/mol. The van der Waals surface area contributed by atoms with Crippen molar-refractivity contribution in [2.24, 2.45) is 5.73 Å². The van der Waals surface area contributed by atoms with Crippen molar-refractivity contribution >= 4 is 5.97 Å². The SMILES string of the molecule is N[C@H](C(=O)O)c1nnc2n1CCC2. The first kappa shape index (κ1) is 8.18. The number of nitrogens with two attached hydrogens (primary N) is 1. The number of fused-ring (bicyclic) bond motifs is 1. The van der Waals surface area contributed by atoms with E-state index in [9.17, 15) is 4.79 Å². The molecule has 1 aromatic heterocycles. The highest BCUT2D eigenvalue weighted by Gasteiger charge is 2.25. The van der Waals surface area contributed by atoms with E-state index in [2.05, 4.69) is 10.2 Å². The molecule has 1 atom stereocenters. The molecule has 0 radical (unpaired) electrons. The van der Waals surface area contributed by atoms with E-state index in [4.69, 9.17) is 10.8 Å². The van der Waals surface area contributed by atoms with Gasteiger partial charge in [-0.1, -0.05) is 0 Å². The zero-order chi connectivity index (χ0) is 9.42. The van der Waals surface area contributed by atoms with Crippen molar-refractivity contribution in [3.8, 4) is 0 Å². The molecule has 2 heterocycles. The van der Waals surface area contributed by atoms with E-state index in [1.54, 1.807) is 4.57 Å². The minimum absolute atomic E-state index is 0.361. The first-order valence-electron chi connectivity index (χ1n) is 4.10. The van der Waals surface area contributed by atoms with Gasteiger partial charge in [0.2, 0.25) is 0 Å². The molecule has 3 N–H and O–H groups in total. The van der Waals surface area contributed by atoms with Crippen molar-refractivity contribution in [2.75, 3.05) is 0 Å². The van der Waals surface area contributed by atoms with Crippen LogP contribution >= 0.6 is 0 Å².